The molecule has 2 rings (SSSR count). The zero-order valence-electron chi connectivity index (χ0n) is 12.7. The van der Waals surface area contributed by atoms with E-state index in [1.54, 1.807) is 0 Å². The fraction of sp³-hybridized carbons (Fsp3) is 1.00. The van der Waals surface area contributed by atoms with Gasteiger partial charge >= 0.3 is 0 Å². The highest BCUT2D eigenvalue weighted by atomic mass is 16.5. The maximum atomic E-state index is 9.77. The van der Waals surface area contributed by atoms with Crippen LogP contribution in [0.15, 0.2) is 0 Å². The van der Waals surface area contributed by atoms with E-state index in [4.69, 9.17) is 4.74 Å². The molecule has 0 aromatic rings. The Morgan fingerprint density at radius 3 is 2.58 bits per heavy atom. The number of nitrogens with one attached hydrogen (secondary N) is 1. The summed E-state index contributed by atoms with van der Waals surface area (Å²) in [4.78, 5) is 0. The third kappa shape index (κ3) is 4.44. The Hall–Kier alpha value is -0.120. The molecule has 0 saturated heterocycles. The molecule has 2 N–H and O–H groups in total. The van der Waals surface area contributed by atoms with Gasteiger partial charge in [-0.05, 0) is 44.4 Å². The smallest absolute Gasteiger partial charge is 0.0614 e. The van der Waals surface area contributed by atoms with Crippen molar-refractivity contribution in [2.45, 2.75) is 82.9 Å². The molecular formula is C16H31NO2. The van der Waals surface area contributed by atoms with Gasteiger partial charge in [-0.25, -0.2) is 0 Å². The van der Waals surface area contributed by atoms with Crippen LogP contribution >= 0.6 is 0 Å². The van der Waals surface area contributed by atoms with E-state index >= 15 is 0 Å². The van der Waals surface area contributed by atoms with Crippen LogP contribution in [-0.4, -0.2) is 36.0 Å². The molecule has 0 aromatic carbocycles. The van der Waals surface area contributed by atoms with Crippen LogP contribution in [0, 0.1) is 5.92 Å². The van der Waals surface area contributed by atoms with Crippen LogP contribution in [-0.2, 0) is 4.74 Å². The number of rotatable bonds is 6. The van der Waals surface area contributed by atoms with E-state index in [0.29, 0.717) is 12.1 Å². The Morgan fingerprint density at radius 2 is 1.95 bits per heavy atom. The summed E-state index contributed by atoms with van der Waals surface area (Å²) in [6.45, 7) is 5.48. The fourth-order valence-electron chi connectivity index (χ4n) is 3.83. The number of hydrogen-bond acceptors (Lipinski definition) is 3. The van der Waals surface area contributed by atoms with Gasteiger partial charge in [-0.15, -0.1) is 0 Å². The van der Waals surface area contributed by atoms with Gasteiger partial charge < -0.3 is 15.2 Å². The number of aliphatic hydroxyl groups excluding tert-OH is 1. The van der Waals surface area contributed by atoms with Gasteiger partial charge in [-0.1, -0.05) is 26.7 Å². The lowest BCUT2D eigenvalue weighted by molar-refractivity contribution is -0.0299. The normalized spacial score (nSPS) is 33.2. The summed E-state index contributed by atoms with van der Waals surface area (Å²) in [7, 11) is 0. The number of aliphatic hydroxyl groups is 1. The first-order valence-corrected chi connectivity index (χ1v) is 8.14. The van der Waals surface area contributed by atoms with Gasteiger partial charge in [0.1, 0.15) is 0 Å². The minimum atomic E-state index is -0.104. The molecular weight excluding hydrogens is 238 g/mol. The first kappa shape index (κ1) is 15.3. The minimum Gasteiger partial charge on any atom is -0.394 e. The molecule has 2 fully saturated rings. The van der Waals surface area contributed by atoms with Crippen LogP contribution < -0.4 is 5.32 Å². The van der Waals surface area contributed by atoms with Crippen LogP contribution in [0.25, 0.3) is 0 Å². The average molecular weight is 269 g/mol. The van der Waals surface area contributed by atoms with E-state index in [1.165, 1.54) is 25.7 Å². The summed E-state index contributed by atoms with van der Waals surface area (Å²) < 4.78 is 6.15. The van der Waals surface area contributed by atoms with Gasteiger partial charge in [-0.2, -0.15) is 0 Å². The first-order chi connectivity index (χ1) is 9.13. The predicted molar refractivity (Wildman–Crippen MR) is 78.3 cm³/mol. The highest BCUT2D eigenvalue weighted by Gasteiger charge is 2.36. The highest BCUT2D eigenvalue weighted by Crippen LogP contribution is 2.32. The lowest BCUT2D eigenvalue weighted by atomic mass is 9.80. The Labute approximate surface area is 118 Å². The number of hydrogen-bond donors (Lipinski definition) is 2. The van der Waals surface area contributed by atoms with Crippen molar-refractivity contribution in [1.82, 2.24) is 5.32 Å². The second-order valence-electron chi connectivity index (χ2n) is 6.94. The van der Waals surface area contributed by atoms with Crippen LogP contribution in [0.5, 0.6) is 0 Å². The lowest BCUT2D eigenvalue weighted by Crippen LogP contribution is -2.55. The van der Waals surface area contributed by atoms with E-state index < -0.39 is 0 Å². The van der Waals surface area contributed by atoms with Crippen LogP contribution in [0.3, 0.4) is 0 Å². The Balaban J connectivity index is 1.81. The lowest BCUT2D eigenvalue weighted by Gasteiger charge is -2.42. The fourth-order valence-corrected chi connectivity index (χ4v) is 3.83. The summed E-state index contributed by atoms with van der Waals surface area (Å²) in [5.74, 6) is 0.795. The van der Waals surface area contributed by atoms with Gasteiger partial charge in [0.2, 0.25) is 0 Å². The van der Waals surface area contributed by atoms with Crippen molar-refractivity contribution < 1.29 is 9.84 Å². The third-order valence-corrected chi connectivity index (χ3v) is 4.74. The molecule has 3 heteroatoms. The Bertz CT molecular complexity index is 263. The van der Waals surface area contributed by atoms with E-state index in [-0.39, 0.29) is 12.1 Å². The molecule has 0 aromatic heterocycles. The first-order valence-electron chi connectivity index (χ1n) is 8.14. The van der Waals surface area contributed by atoms with Crippen LogP contribution in [0.2, 0.25) is 0 Å². The summed E-state index contributed by atoms with van der Waals surface area (Å²) in [6.07, 6.45) is 10.2. The van der Waals surface area contributed by atoms with Crippen molar-refractivity contribution in [2.75, 3.05) is 13.2 Å². The van der Waals surface area contributed by atoms with Crippen molar-refractivity contribution in [3.05, 3.63) is 0 Å². The second-order valence-corrected chi connectivity index (χ2v) is 6.94. The molecule has 0 spiro atoms. The van der Waals surface area contributed by atoms with Crippen molar-refractivity contribution in [3.63, 3.8) is 0 Å². The largest absolute Gasteiger partial charge is 0.394 e. The molecule has 2 saturated carbocycles. The molecule has 0 amide bonds. The van der Waals surface area contributed by atoms with Gasteiger partial charge in [0, 0.05) is 18.2 Å². The maximum absolute atomic E-state index is 9.77. The van der Waals surface area contributed by atoms with Crippen molar-refractivity contribution in [1.29, 1.82) is 0 Å². The van der Waals surface area contributed by atoms with Crippen LogP contribution in [0.4, 0.5) is 0 Å². The molecule has 2 unspecified atom stereocenters. The molecule has 2 atom stereocenters. The van der Waals surface area contributed by atoms with E-state index in [0.717, 1.165) is 38.2 Å². The summed E-state index contributed by atoms with van der Waals surface area (Å²) >= 11 is 0. The van der Waals surface area contributed by atoms with Gasteiger partial charge in [0.15, 0.2) is 0 Å². The van der Waals surface area contributed by atoms with Gasteiger partial charge in [-0.3, -0.25) is 0 Å². The van der Waals surface area contributed by atoms with Crippen molar-refractivity contribution in [3.8, 4) is 0 Å². The molecule has 3 nitrogen and oxygen atoms in total. The Kier molecular flexibility index (Phi) is 5.67. The van der Waals surface area contributed by atoms with Gasteiger partial charge in [0.25, 0.3) is 0 Å². The third-order valence-electron chi connectivity index (χ3n) is 4.74. The summed E-state index contributed by atoms with van der Waals surface area (Å²) in [5, 5.41) is 13.3. The number of ether oxygens (including phenoxy) is 1. The zero-order chi connectivity index (χ0) is 13.7. The second kappa shape index (κ2) is 7.05. The minimum absolute atomic E-state index is 0.104. The SMILES string of the molecule is CC(C)NC1(CO)CCCC(OCC2CCCC2)C1. The van der Waals surface area contributed by atoms with Gasteiger partial charge in [0.05, 0.1) is 12.7 Å². The molecule has 112 valence electrons. The summed E-state index contributed by atoms with van der Waals surface area (Å²) in [6, 6.07) is 0.417. The van der Waals surface area contributed by atoms with Crippen molar-refractivity contribution >= 4 is 0 Å². The van der Waals surface area contributed by atoms with Crippen molar-refractivity contribution in [2.24, 2.45) is 5.92 Å². The summed E-state index contributed by atoms with van der Waals surface area (Å²) in [5.41, 5.74) is -0.104. The Morgan fingerprint density at radius 1 is 1.21 bits per heavy atom. The van der Waals surface area contributed by atoms with E-state index in [1.807, 2.05) is 0 Å². The molecule has 0 heterocycles. The quantitative estimate of drug-likeness (QED) is 0.779. The van der Waals surface area contributed by atoms with Crippen LogP contribution in [0.1, 0.15) is 65.2 Å². The molecule has 19 heavy (non-hydrogen) atoms. The zero-order valence-corrected chi connectivity index (χ0v) is 12.7. The van der Waals surface area contributed by atoms with E-state index in [2.05, 4.69) is 19.2 Å². The molecule has 2 aliphatic rings. The maximum Gasteiger partial charge on any atom is 0.0614 e. The standard InChI is InChI=1S/C16H31NO2/c1-13(2)17-16(12-18)9-5-8-15(10-16)19-11-14-6-3-4-7-14/h13-15,17-18H,3-12H2,1-2H3. The highest BCUT2D eigenvalue weighted by molar-refractivity contribution is 4.95. The average Bonchev–Trinajstić information content (AvgIpc) is 2.89. The molecule has 0 radical (unpaired) electrons. The monoisotopic (exact) mass is 269 g/mol. The molecule has 0 aliphatic heterocycles. The topological polar surface area (TPSA) is 41.5 Å². The predicted octanol–water partition coefficient (Wildman–Crippen LogP) is 2.86. The van der Waals surface area contributed by atoms with E-state index in [9.17, 15) is 5.11 Å². The molecule has 0 bridgehead atoms. The molecule has 2 aliphatic carbocycles.